The van der Waals surface area contributed by atoms with E-state index in [2.05, 4.69) is 53.6 Å². The standard InChI is InChI=1S/C15H18IN3/c1-3-10(4-2)15-18-13(12(16)14(17)19-15)11-8-6-5-7-9-11/h5-10H,3-4H2,1-2H3,(H2,17,18,19). The van der Waals surface area contributed by atoms with Crippen LogP contribution in [0.5, 0.6) is 0 Å². The van der Waals surface area contributed by atoms with Crippen LogP contribution in [0.4, 0.5) is 5.82 Å². The normalized spacial score (nSPS) is 10.9. The fraction of sp³-hybridized carbons (Fsp3) is 0.333. The molecule has 4 heteroatoms. The molecule has 1 heterocycles. The summed E-state index contributed by atoms with van der Waals surface area (Å²) in [5, 5.41) is 0. The Labute approximate surface area is 127 Å². The summed E-state index contributed by atoms with van der Waals surface area (Å²) >= 11 is 2.22. The highest BCUT2D eigenvalue weighted by molar-refractivity contribution is 14.1. The first kappa shape index (κ1) is 14.2. The summed E-state index contributed by atoms with van der Waals surface area (Å²) in [6.45, 7) is 4.32. The van der Waals surface area contributed by atoms with Crippen LogP contribution in [0, 0.1) is 3.57 Å². The van der Waals surface area contributed by atoms with Gasteiger partial charge in [0.15, 0.2) is 0 Å². The molecular formula is C15H18IN3. The third-order valence-corrected chi connectivity index (χ3v) is 4.36. The lowest BCUT2D eigenvalue weighted by Gasteiger charge is -2.14. The maximum absolute atomic E-state index is 6.05. The molecule has 100 valence electrons. The molecule has 2 N–H and O–H groups in total. The zero-order chi connectivity index (χ0) is 13.8. The van der Waals surface area contributed by atoms with E-state index < -0.39 is 0 Å². The molecule has 3 nitrogen and oxygen atoms in total. The van der Waals surface area contributed by atoms with Crippen LogP contribution in [-0.4, -0.2) is 9.97 Å². The van der Waals surface area contributed by atoms with E-state index in [0.29, 0.717) is 11.7 Å². The first-order valence-electron chi connectivity index (χ1n) is 6.55. The van der Waals surface area contributed by atoms with E-state index in [1.54, 1.807) is 0 Å². The van der Waals surface area contributed by atoms with Gasteiger partial charge in [0.1, 0.15) is 11.6 Å². The van der Waals surface area contributed by atoms with Gasteiger partial charge in [0.2, 0.25) is 0 Å². The van der Waals surface area contributed by atoms with Gasteiger partial charge in [0, 0.05) is 11.5 Å². The van der Waals surface area contributed by atoms with Gasteiger partial charge in [0.05, 0.1) is 9.26 Å². The number of nitrogens with two attached hydrogens (primary N) is 1. The van der Waals surface area contributed by atoms with Crippen LogP contribution in [0.25, 0.3) is 11.3 Å². The molecule has 2 rings (SSSR count). The minimum absolute atomic E-state index is 0.377. The summed E-state index contributed by atoms with van der Waals surface area (Å²) in [5.41, 5.74) is 8.08. The third-order valence-electron chi connectivity index (χ3n) is 3.29. The molecule has 0 aliphatic carbocycles. The van der Waals surface area contributed by atoms with Crippen LogP contribution in [0.3, 0.4) is 0 Å². The van der Waals surface area contributed by atoms with Crippen LogP contribution in [-0.2, 0) is 0 Å². The molecule has 0 bridgehead atoms. The maximum atomic E-state index is 6.05. The average molecular weight is 367 g/mol. The Morgan fingerprint density at radius 3 is 2.32 bits per heavy atom. The molecule has 0 aliphatic heterocycles. The first-order chi connectivity index (χ1) is 9.17. The topological polar surface area (TPSA) is 51.8 Å². The number of aromatic nitrogens is 2. The molecule has 1 aromatic carbocycles. The van der Waals surface area contributed by atoms with Crippen molar-refractivity contribution in [2.45, 2.75) is 32.6 Å². The highest BCUT2D eigenvalue weighted by Crippen LogP contribution is 2.29. The summed E-state index contributed by atoms with van der Waals surface area (Å²) in [4.78, 5) is 9.21. The summed E-state index contributed by atoms with van der Waals surface area (Å²) < 4.78 is 0.929. The first-order valence-corrected chi connectivity index (χ1v) is 7.63. The Bertz CT molecular complexity index is 551. The Balaban J connectivity index is 2.55. The largest absolute Gasteiger partial charge is 0.383 e. The Morgan fingerprint density at radius 1 is 1.11 bits per heavy atom. The van der Waals surface area contributed by atoms with Crippen LogP contribution < -0.4 is 5.73 Å². The molecule has 0 spiro atoms. The van der Waals surface area contributed by atoms with Crippen molar-refractivity contribution in [1.29, 1.82) is 0 Å². The van der Waals surface area contributed by atoms with Gasteiger partial charge in [-0.1, -0.05) is 44.2 Å². The Kier molecular flexibility index (Phi) is 4.74. The number of rotatable bonds is 4. The average Bonchev–Trinajstić information content (AvgIpc) is 2.44. The molecule has 0 radical (unpaired) electrons. The number of hydrogen-bond acceptors (Lipinski definition) is 3. The van der Waals surface area contributed by atoms with Crippen LogP contribution in [0.1, 0.15) is 38.4 Å². The molecule has 0 saturated heterocycles. The van der Waals surface area contributed by atoms with Gasteiger partial charge in [-0.3, -0.25) is 0 Å². The summed E-state index contributed by atoms with van der Waals surface area (Å²) in [6.07, 6.45) is 2.07. The predicted octanol–water partition coefficient (Wildman–Crippen LogP) is 4.23. The van der Waals surface area contributed by atoms with Crippen molar-refractivity contribution in [1.82, 2.24) is 9.97 Å². The molecule has 0 aliphatic rings. The number of hydrogen-bond donors (Lipinski definition) is 1. The zero-order valence-electron chi connectivity index (χ0n) is 11.2. The van der Waals surface area contributed by atoms with Crippen LogP contribution in [0.15, 0.2) is 30.3 Å². The summed E-state index contributed by atoms with van der Waals surface area (Å²) in [6, 6.07) is 10.1. The van der Waals surface area contributed by atoms with Crippen LogP contribution >= 0.6 is 22.6 Å². The number of anilines is 1. The van der Waals surface area contributed by atoms with E-state index in [1.807, 2.05) is 18.2 Å². The second kappa shape index (κ2) is 6.32. The van der Waals surface area contributed by atoms with E-state index in [4.69, 9.17) is 10.7 Å². The zero-order valence-corrected chi connectivity index (χ0v) is 13.4. The lowest BCUT2D eigenvalue weighted by Crippen LogP contribution is -2.08. The van der Waals surface area contributed by atoms with Crippen molar-refractivity contribution in [2.75, 3.05) is 5.73 Å². The fourth-order valence-corrected chi connectivity index (χ4v) is 2.66. The second-order valence-corrected chi connectivity index (χ2v) is 5.59. The molecule has 0 atom stereocenters. The monoisotopic (exact) mass is 367 g/mol. The Morgan fingerprint density at radius 2 is 1.74 bits per heavy atom. The SMILES string of the molecule is CCC(CC)c1nc(N)c(I)c(-c2ccccc2)n1. The van der Waals surface area contributed by atoms with Gasteiger partial charge in [-0.05, 0) is 35.4 Å². The lowest BCUT2D eigenvalue weighted by atomic mass is 10.0. The van der Waals surface area contributed by atoms with Crippen molar-refractivity contribution < 1.29 is 0 Å². The molecule has 0 amide bonds. The minimum atomic E-state index is 0.377. The van der Waals surface area contributed by atoms with Crippen molar-refractivity contribution in [3.05, 3.63) is 39.7 Å². The minimum Gasteiger partial charge on any atom is -0.383 e. The van der Waals surface area contributed by atoms with Crippen LogP contribution in [0.2, 0.25) is 0 Å². The quantitative estimate of drug-likeness (QED) is 0.823. The van der Waals surface area contributed by atoms with Gasteiger partial charge >= 0.3 is 0 Å². The van der Waals surface area contributed by atoms with Gasteiger partial charge in [0.25, 0.3) is 0 Å². The van der Waals surface area contributed by atoms with E-state index in [9.17, 15) is 0 Å². The molecule has 1 aromatic heterocycles. The molecular weight excluding hydrogens is 349 g/mol. The Hall–Kier alpha value is -1.17. The van der Waals surface area contributed by atoms with Crippen molar-refractivity contribution in [3.8, 4) is 11.3 Å². The molecule has 0 unspecified atom stereocenters. The second-order valence-electron chi connectivity index (χ2n) is 4.51. The smallest absolute Gasteiger partial charge is 0.141 e. The molecule has 2 aromatic rings. The molecule has 0 saturated carbocycles. The summed E-state index contributed by atoms with van der Waals surface area (Å²) in [7, 11) is 0. The highest BCUT2D eigenvalue weighted by Gasteiger charge is 2.16. The fourth-order valence-electron chi connectivity index (χ4n) is 2.11. The van der Waals surface area contributed by atoms with Gasteiger partial charge in [-0.15, -0.1) is 0 Å². The van der Waals surface area contributed by atoms with E-state index in [0.717, 1.165) is 33.5 Å². The van der Waals surface area contributed by atoms with Crippen molar-refractivity contribution in [3.63, 3.8) is 0 Å². The highest BCUT2D eigenvalue weighted by atomic mass is 127. The number of benzene rings is 1. The van der Waals surface area contributed by atoms with E-state index in [-0.39, 0.29) is 0 Å². The van der Waals surface area contributed by atoms with E-state index >= 15 is 0 Å². The number of nitrogen functional groups attached to an aromatic ring is 1. The lowest BCUT2D eigenvalue weighted by molar-refractivity contribution is 0.603. The van der Waals surface area contributed by atoms with Crippen molar-refractivity contribution >= 4 is 28.4 Å². The maximum Gasteiger partial charge on any atom is 0.141 e. The van der Waals surface area contributed by atoms with Crippen molar-refractivity contribution in [2.24, 2.45) is 0 Å². The third kappa shape index (κ3) is 3.05. The predicted molar refractivity (Wildman–Crippen MR) is 87.9 cm³/mol. The number of nitrogens with zero attached hydrogens (tertiary/aromatic N) is 2. The molecule has 0 fully saturated rings. The van der Waals surface area contributed by atoms with Gasteiger partial charge < -0.3 is 5.73 Å². The summed E-state index contributed by atoms with van der Waals surface area (Å²) in [5.74, 6) is 1.82. The number of halogens is 1. The molecule has 19 heavy (non-hydrogen) atoms. The van der Waals surface area contributed by atoms with Gasteiger partial charge in [-0.2, -0.15) is 0 Å². The van der Waals surface area contributed by atoms with E-state index in [1.165, 1.54) is 0 Å². The van der Waals surface area contributed by atoms with Gasteiger partial charge in [-0.25, -0.2) is 9.97 Å².